The number of rotatable bonds is 4. The Hall–Kier alpha value is -2.23. The lowest BCUT2D eigenvalue weighted by molar-refractivity contribution is 0.103. The molecule has 102 valence electrons. The number of halogens is 2. The summed E-state index contributed by atoms with van der Waals surface area (Å²) in [5, 5.41) is 0. The average molecular weight is 274 g/mol. The number of ether oxygens (including phenoxy) is 1. The molecule has 0 unspecified atom stereocenters. The lowest BCUT2D eigenvalue weighted by atomic mass is 10.0. The summed E-state index contributed by atoms with van der Waals surface area (Å²) >= 11 is 0. The van der Waals surface area contributed by atoms with Crippen molar-refractivity contribution in [3.63, 3.8) is 0 Å². The van der Waals surface area contributed by atoms with Crippen LogP contribution in [0, 0.1) is 11.6 Å². The van der Waals surface area contributed by atoms with Crippen LogP contribution in [0.3, 0.4) is 0 Å². The number of benzene rings is 2. The van der Waals surface area contributed by atoms with E-state index in [-0.39, 0.29) is 11.7 Å². The van der Waals surface area contributed by atoms with Crippen molar-refractivity contribution in [2.24, 2.45) is 0 Å². The fourth-order valence-corrected chi connectivity index (χ4v) is 1.90. The molecule has 0 N–H and O–H groups in total. The van der Waals surface area contributed by atoms with E-state index in [2.05, 4.69) is 0 Å². The fraction of sp³-hybridized carbons (Fsp3) is 0.188. The maximum atomic E-state index is 13.6. The molecule has 0 aromatic heterocycles. The summed E-state index contributed by atoms with van der Waals surface area (Å²) in [5.74, 6) is -2.00. The molecule has 0 heterocycles. The lowest BCUT2D eigenvalue weighted by Crippen LogP contribution is -2.06. The van der Waals surface area contributed by atoms with Gasteiger partial charge in [-0.2, -0.15) is 0 Å². The van der Waals surface area contributed by atoms with Crippen LogP contribution in [0.2, 0.25) is 0 Å². The zero-order chi connectivity index (χ0) is 14.1. The van der Waals surface area contributed by atoms with Gasteiger partial charge in [-0.3, -0.25) is 4.79 Å². The molecule has 2 aromatic rings. The highest BCUT2D eigenvalue weighted by Crippen LogP contribution is 2.27. The van der Waals surface area contributed by atoms with E-state index in [1.54, 1.807) is 24.3 Å². The van der Waals surface area contributed by atoms with E-state index < -0.39 is 17.4 Å². The van der Waals surface area contributed by atoms with E-state index in [1.807, 2.05) is 0 Å². The number of ketones is 1. The van der Waals surface area contributed by atoms with Crippen LogP contribution in [-0.2, 0) is 0 Å². The summed E-state index contributed by atoms with van der Waals surface area (Å²) in [4.78, 5) is 12.1. The molecule has 2 aromatic carbocycles. The van der Waals surface area contributed by atoms with E-state index in [4.69, 9.17) is 4.74 Å². The van der Waals surface area contributed by atoms with Gasteiger partial charge >= 0.3 is 0 Å². The molecule has 1 aliphatic carbocycles. The first-order valence-corrected chi connectivity index (χ1v) is 6.40. The van der Waals surface area contributed by atoms with E-state index in [0.29, 0.717) is 11.3 Å². The molecule has 0 saturated heterocycles. The zero-order valence-electron chi connectivity index (χ0n) is 10.6. The SMILES string of the molecule is O=C(c1ccc(OC2CC2)cc1)c1cccc(F)c1F. The standard InChI is InChI=1S/C16H12F2O2/c17-14-3-1-2-13(15(14)18)16(19)10-4-6-11(7-5-10)20-12-8-9-12/h1-7,12H,8-9H2. The minimum atomic E-state index is -1.11. The van der Waals surface area contributed by atoms with Crippen LogP contribution < -0.4 is 4.74 Å². The molecule has 0 radical (unpaired) electrons. The molecule has 0 spiro atoms. The van der Waals surface area contributed by atoms with Gasteiger partial charge in [0, 0.05) is 5.56 Å². The smallest absolute Gasteiger partial charge is 0.196 e. The van der Waals surface area contributed by atoms with Gasteiger partial charge in [0.15, 0.2) is 17.4 Å². The van der Waals surface area contributed by atoms with Gasteiger partial charge in [0.25, 0.3) is 0 Å². The predicted octanol–water partition coefficient (Wildman–Crippen LogP) is 3.74. The van der Waals surface area contributed by atoms with Crippen LogP contribution in [0.4, 0.5) is 8.78 Å². The molecule has 4 heteroatoms. The summed E-state index contributed by atoms with van der Waals surface area (Å²) in [6.45, 7) is 0. The van der Waals surface area contributed by atoms with Gasteiger partial charge in [-0.05, 0) is 49.2 Å². The largest absolute Gasteiger partial charge is 0.490 e. The first-order valence-electron chi connectivity index (χ1n) is 6.40. The molecule has 1 aliphatic rings. The topological polar surface area (TPSA) is 26.3 Å². The summed E-state index contributed by atoms with van der Waals surface area (Å²) in [7, 11) is 0. The second kappa shape index (κ2) is 5.04. The predicted molar refractivity (Wildman–Crippen MR) is 69.9 cm³/mol. The van der Waals surface area contributed by atoms with Crippen molar-refractivity contribution >= 4 is 5.78 Å². The third-order valence-corrected chi connectivity index (χ3v) is 3.14. The Morgan fingerprint density at radius 1 is 1.05 bits per heavy atom. The highest BCUT2D eigenvalue weighted by molar-refractivity contribution is 6.09. The van der Waals surface area contributed by atoms with Gasteiger partial charge in [-0.15, -0.1) is 0 Å². The van der Waals surface area contributed by atoms with E-state index in [9.17, 15) is 13.6 Å². The van der Waals surface area contributed by atoms with Crippen molar-refractivity contribution in [2.45, 2.75) is 18.9 Å². The second-order valence-corrected chi connectivity index (χ2v) is 4.77. The van der Waals surface area contributed by atoms with Crippen LogP contribution in [0.5, 0.6) is 5.75 Å². The van der Waals surface area contributed by atoms with Crippen molar-refractivity contribution in [3.05, 3.63) is 65.2 Å². The van der Waals surface area contributed by atoms with Gasteiger partial charge in [0.2, 0.25) is 0 Å². The monoisotopic (exact) mass is 274 g/mol. The maximum absolute atomic E-state index is 13.6. The number of carbonyl (C=O) groups excluding carboxylic acids is 1. The second-order valence-electron chi connectivity index (χ2n) is 4.77. The molecule has 2 nitrogen and oxygen atoms in total. The fourth-order valence-electron chi connectivity index (χ4n) is 1.90. The minimum absolute atomic E-state index is 0.263. The zero-order valence-corrected chi connectivity index (χ0v) is 10.6. The third kappa shape index (κ3) is 2.54. The Kier molecular flexibility index (Phi) is 3.22. The first-order chi connectivity index (χ1) is 9.65. The van der Waals surface area contributed by atoms with Crippen molar-refractivity contribution in [1.29, 1.82) is 0 Å². The normalized spacial score (nSPS) is 14.1. The first kappa shape index (κ1) is 12.8. The summed E-state index contributed by atoms with van der Waals surface area (Å²) < 4.78 is 32.3. The van der Waals surface area contributed by atoms with E-state index >= 15 is 0 Å². The molecule has 1 saturated carbocycles. The minimum Gasteiger partial charge on any atom is -0.490 e. The van der Waals surface area contributed by atoms with Gasteiger partial charge in [-0.25, -0.2) is 8.78 Å². The van der Waals surface area contributed by atoms with Crippen LogP contribution in [0.1, 0.15) is 28.8 Å². The van der Waals surface area contributed by atoms with Crippen LogP contribution in [0.25, 0.3) is 0 Å². The van der Waals surface area contributed by atoms with Gasteiger partial charge in [-0.1, -0.05) is 6.07 Å². The summed E-state index contributed by atoms with van der Waals surface area (Å²) in [6.07, 6.45) is 2.38. The Morgan fingerprint density at radius 2 is 1.75 bits per heavy atom. The molecule has 0 amide bonds. The Balaban J connectivity index is 1.84. The lowest BCUT2D eigenvalue weighted by Gasteiger charge is -2.06. The van der Waals surface area contributed by atoms with Gasteiger partial charge in [0.1, 0.15) is 5.75 Å². The molecule has 1 fully saturated rings. The molecular weight excluding hydrogens is 262 g/mol. The molecule has 20 heavy (non-hydrogen) atoms. The van der Waals surface area contributed by atoms with Gasteiger partial charge in [0.05, 0.1) is 11.7 Å². The highest BCUT2D eigenvalue weighted by atomic mass is 19.2. The maximum Gasteiger partial charge on any atom is 0.196 e. The van der Waals surface area contributed by atoms with Crippen LogP contribution in [-0.4, -0.2) is 11.9 Å². The summed E-state index contributed by atoms with van der Waals surface area (Å²) in [6, 6.07) is 10.0. The quantitative estimate of drug-likeness (QED) is 0.794. The Labute approximate surface area is 115 Å². The van der Waals surface area contributed by atoms with Crippen molar-refractivity contribution in [2.75, 3.05) is 0 Å². The summed E-state index contributed by atoms with van der Waals surface area (Å²) in [5.41, 5.74) is 0.0403. The van der Waals surface area contributed by atoms with Crippen molar-refractivity contribution < 1.29 is 18.3 Å². The third-order valence-electron chi connectivity index (χ3n) is 3.14. The Morgan fingerprint density at radius 3 is 2.40 bits per heavy atom. The molecular formula is C16H12F2O2. The number of hydrogen-bond donors (Lipinski definition) is 0. The van der Waals surface area contributed by atoms with Crippen LogP contribution in [0.15, 0.2) is 42.5 Å². The molecule has 0 bridgehead atoms. The van der Waals surface area contributed by atoms with Crippen LogP contribution >= 0.6 is 0 Å². The number of carbonyl (C=O) groups is 1. The van der Waals surface area contributed by atoms with E-state index in [0.717, 1.165) is 18.9 Å². The average Bonchev–Trinajstić information content (AvgIpc) is 3.26. The van der Waals surface area contributed by atoms with Crippen molar-refractivity contribution in [1.82, 2.24) is 0 Å². The van der Waals surface area contributed by atoms with Crippen molar-refractivity contribution in [3.8, 4) is 5.75 Å². The molecule has 3 rings (SSSR count). The molecule has 0 atom stereocenters. The molecule has 0 aliphatic heterocycles. The Bertz CT molecular complexity index is 646. The highest BCUT2D eigenvalue weighted by Gasteiger charge is 2.23. The number of hydrogen-bond acceptors (Lipinski definition) is 2. The van der Waals surface area contributed by atoms with E-state index in [1.165, 1.54) is 12.1 Å². The van der Waals surface area contributed by atoms with Gasteiger partial charge < -0.3 is 4.74 Å².